The molecule has 6 heteroatoms. The van der Waals surface area contributed by atoms with Gasteiger partial charge >= 0.3 is 0 Å². The van der Waals surface area contributed by atoms with Gasteiger partial charge in [0.25, 0.3) is 0 Å². The molecule has 2 aromatic rings. The van der Waals surface area contributed by atoms with E-state index in [-0.39, 0.29) is 5.41 Å². The molecule has 124 valence electrons. The highest BCUT2D eigenvalue weighted by atomic mass is 16.5. The van der Waals surface area contributed by atoms with Crippen molar-refractivity contribution >= 4 is 5.95 Å². The van der Waals surface area contributed by atoms with Crippen LogP contribution in [-0.2, 0) is 18.2 Å². The molecular weight excluding hydrogens is 290 g/mol. The fourth-order valence-corrected chi connectivity index (χ4v) is 3.20. The molecule has 0 spiro atoms. The highest BCUT2D eigenvalue weighted by Gasteiger charge is 2.31. The molecule has 1 aliphatic heterocycles. The Morgan fingerprint density at radius 2 is 1.87 bits per heavy atom. The summed E-state index contributed by atoms with van der Waals surface area (Å²) in [5.41, 5.74) is 1.48. The predicted octanol–water partition coefficient (Wildman–Crippen LogP) is 2.05. The molecule has 23 heavy (non-hydrogen) atoms. The van der Waals surface area contributed by atoms with Crippen molar-refractivity contribution < 1.29 is 4.74 Å². The first kappa shape index (κ1) is 15.9. The van der Waals surface area contributed by atoms with Crippen LogP contribution in [0.1, 0.15) is 31.2 Å². The maximum atomic E-state index is 5.36. The Morgan fingerprint density at radius 3 is 2.52 bits per heavy atom. The van der Waals surface area contributed by atoms with Crippen molar-refractivity contribution in [2.75, 3.05) is 31.7 Å². The van der Waals surface area contributed by atoms with Gasteiger partial charge in [0, 0.05) is 46.1 Å². The lowest BCUT2D eigenvalue weighted by molar-refractivity contribution is 0.0728. The van der Waals surface area contributed by atoms with E-state index in [0.717, 1.165) is 50.7 Å². The Morgan fingerprint density at radius 1 is 1.17 bits per heavy atom. The number of hydrogen-bond donors (Lipinski definition) is 0. The zero-order valence-corrected chi connectivity index (χ0v) is 14.2. The molecule has 1 aliphatic rings. The van der Waals surface area contributed by atoms with E-state index in [1.807, 2.05) is 24.5 Å². The van der Waals surface area contributed by atoms with E-state index in [1.54, 1.807) is 7.11 Å². The van der Waals surface area contributed by atoms with E-state index < -0.39 is 0 Å². The van der Waals surface area contributed by atoms with E-state index >= 15 is 0 Å². The third-order valence-corrected chi connectivity index (χ3v) is 4.80. The van der Waals surface area contributed by atoms with Crippen LogP contribution in [0.2, 0.25) is 0 Å². The van der Waals surface area contributed by atoms with Crippen molar-refractivity contribution in [3.63, 3.8) is 0 Å². The molecule has 0 radical (unpaired) electrons. The Kier molecular flexibility index (Phi) is 4.61. The number of ether oxygens (including phenoxy) is 1. The van der Waals surface area contributed by atoms with Crippen LogP contribution < -0.4 is 4.90 Å². The minimum atomic E-state index is 0.281. The predicted molar refractivity (Wildman–Crippen MR) is 89.5 cm³/mol. The summed E-state index contributed by atoms with van der Waals surface area (Å²) in [6.45, 7) is 5.13. The maximum absolute atomic E-state index is 5.36. The Hall–Kier alpha value is -1.95. The van der Waals surface area contributed by atoms with E-state index in [9.17, 15) is 0 Å². The molecule has 0 bridgehead atoms. The third kappa shape index (κ3) is 3.52. The summed E-state index contributed by atoms with van der Waals surface area (Å²) in [7, 11) is 3.83. The quantitative estimate of drug-likeness (QED) is 0.845. The normalized spacial score (nSPS) is 17.4. The Balaban J connectivity index is 1.68. The second-order valence-corrected chi connectivity index (χ2v) is 6.74. The molecule has 0 atom stereocenters. The number of rotatable bonds is 5. The van der Waals surface area contributed by atoms with E-state index in [1.165, 1.54) is 5.56 Å². The van der Waals surface area contributed by atoms with Crippen molar-refractivity contribution in [2.24, 2.45) is 12.5 Å². The van der Waals surface area contributed by atoms with Gasteiger partial charge in [-0.05, 0) is 36.0 Å². The average Bonchev–Trinajstić information content (AvgIpc) is 2.90. The van der Waals surface area contributed by atoms with Crippen LogP contribution in [0.25, 0.3) is 0 Å². The van der Waals surface area contributed by atoms with Crippen molar-refractivity contribution in [1.29, 1.82) is 0 Å². The molecular formula is C17H25N5O. The molecule has 1 saturated heterocycles. The van der Waals surface area contributed by atoms with E-state index in [4.69, 9.17) is 4.74 Å². The summed E-state index contributed by atoms with van der Waals surface area (Å²) in [6, 6.07) is 4.04. The van der Waals surface area contributed by atoms with Crippen molar-refractivity contribution in [1.82, 2.24) is 19.7 Å². The van der Waals surface area contributed by atoms with Gasteiger partial charge in [-0.2, -0.15) is 0 Å². The van der Waals surface area contributed by atoms with Crippen LogP contribution in [0.15, 0.2) is 24.5 Å². The van der Waals surface area contributed by atoms with Gasteiger partial charge in [0.15, 0.2) is 0 Å². The fourth-order valence-electron chi connectivity index (χ4n) is 3.20. The zero-order chi connectivity index (χ0) is 16.3. The molecule has 3 rings (SSSR count). The fraction of sp³-hybridized carbons (Fsp3) is 0.588. The van der Waals surface area contributed by atoms with Gasteiger partial charge in [0.1, 0.15) is 5.82 Å². The smallest absolute Gasteiger partial charge is 0.226 e. The molecule has 0 N–H and O–H groups in total. The Labute approximate surface area is 137 Å². The molecule has 2 aromatic heterocycles. The number of hydrogen-bond acceptors (Lipinski definition) is 5. The van der Waals surface area contributed by atoms with Crippen LogP contribution in [0.5, 0.6) is 0 Å². The summed E-state index contributed by atoms with van der Waals surface area (Å²) in [6.07, 6.45) is 6.64. The summed E-state index contributed by atoms with van der Waals surface area (Å²) >= 11 is 0. The van der Waals surface area contributed by atoms with Gasteiger partial charge in [-0.25, -0.2) is 0 Å². The van der Waals surface area contributed by atoms with Crippen molar-refractivity contribution in [3.05, 3.63) is 35.9 Å². The number of methoxy groups -OCH3 is 1. The zero-order valence-electron chi connectivity index (χ0n) is 14.2. The first-order valence-corrected chi connectivity index (χ1v) is 8.12. The Bertz CT molecular complexity index is 632. The second-order valence-electron chi connectivity index (χ2n) is 6.74. The van der Waals surface area contributed by atoms with Gasteiger partial charge in [0.2, 0.25) is 5.95 Å². The largest absolute Gasteiger partial charge is 0.384 e. The number of nitrogens with zero attached hydrogens (tertiary/aromatic N) is 5. The highest BCUT2D eigenvalue weighted by Crippen LogP contribution is 2.32. The van der Waals surface area contributed by atoms with Gasteiger partial charge in [0.05, 0.1) is 6.61 Å². The number of anilines is 1. The molecule has 1 fully saturated rings. The molecule has 6 nitrogen and oxygen atoms in total. The molecule has 0 aromatic carbocycles. The van der Waals surface area contributed by atoms with Crippen LogP contribution >= 0.6 is 0 Å². The van der Waals surface area contributed by atoms with Gasteiger partial charge in [-0.15, -0.1) is 10.2 Å². The van der Waals surface area contributed by atoms with E-state index in [0.29, 0.717) is 0 Å². The number of pyridine rings is 1. The first-order valence-electron chi connectivity index (χ1n) is 8.12. The van der Waals surface area contributed by atoms with Crippen molar-refractivity contribution in [2.45, 2.75) is 26.2 Å². The van der Waals surface area contributed by atoms with Gasteiger partial charge in [-0.3, -0.25) is 4.98 Å². The van der Waals surface area contributed by atoms with Gasteiger partial charge in [-0.1, -0.05) is 6.92 Å². The average molecular weight is 315 g/mol. The lowest BCUT2D eigenvalue weighted by Crippen LogP contribution is -2.41. The lowest BCUT2D eigenvalue weighted by Gasteiger charge is -2.39. The van der Waals surface area contributed by atoms with Crippen molar-refractivity contribution in [3.8, 4) is 0 Å². The highest BCUT2D eigenvalue weighted by molar-refractivity contribution is 5.33. The molecule has 0 saturated carbocycles. The second kappa shape index (κ2) is 6.66. The standard InChI is InChI=1S/C17H25N5O/c1-17(13-23-3)6-10-22(11-7-17)16-20-19-15(21(16)2)12-14-4-8-18-9-5-14/h4-5,8-9H,6-7,10-13H2,1-3H3. The molecule has 0 amide bonds. The van der Waals surface area contributed by atoms with Crippen LogP contribution in [0, 0.1) is 5.41 Å². The van der Waals surface area contributed by atoms with Gasteiger partial charge < -0.3 is 14.2 Å². The third-order valence-electron chi connectivity index (χ3n) is 4.80. The van der Waals surface area contributed by atoms with Crippen LogP contribution in [0.4, 0.5) is 5.95 Å². The first-order chi connectivity index (χ1) is 11.1. The molecule has 0 unspecified atom stereocenters. The SMILES string of the molecule is COCC1(C)CCN(c2nnc(Cc3ccncc3)n2C)CC1. The summed E-state index contributed by atoms with van der Waals surface area (Å²) in [5.74, 6) is 1.95. The number of piperidine rings is 1. The summed E-state index contributed by atoms with van der Waals surface area (Å²) in [5, 5.41) is 8.81. The molecule has 0 aliphatic carbocycles. The van der Waals surface area contributed by atoms with E-state index in [2.05, 4.69) is 38.6 Å². The van der Waals surface area contributed by atoms with Crippen LogP contribution in [0.3, 0.4) is 0 Å². The number of aromatic nitrogens is 4. The lowest BCUT2D eigenvalue weighted by atomic mass is 9.81. The minimum absolute atomic E-state index is 0.281. The topological polar surface area (TPSA) is 56.1 Å². The maximum Gasteiger partial charge on any atom is 0.226 e. The summed E-state index contributed by atoms with van der Waals surface area (Å²) in [4.78, 5) is 6.39. The minimum Gasteiger partial charge on any atom is -0.384 e. The molecule has 3 heterocycles. The van der Waals surface area contributed by atoms with Crippen LogP contribution in [-0.4, -0.2) is 46.6 Å². The monoisotopic (exact) mass is 315 g/mol. The summed E-state index contributed by atoms with van der Waals surface area (Å²) < 4.78 is 7.47.